The molecule has 3 rings (SSSR count). The number of aromatic nitrogens is 3. The van der Waals surface area contributed by atoms with E-state index in [0.29, 0.717) is 0 Å². The molecule has 0 saturated carbocycles. The number of aryl methyl sites for hydroxylation is 1. The highest BCUT2D eigenvalue weighted by molar-refractivity contribution is 9.10. The van der Waals surface area contributed by atoms with E-state index in [0.717, 1.165) is 39.9 Å². The standard InChI is InChI=1S/C14H17BrN4S/c15-11-6-10(7-12(16)8-11)9-20-14-18-17-13-4-2-1-3-5-19(13)14/h6-8H,1-5,9,16H2. The monoisotopic (exact) mass is 352 g/mol. The predicted octanol–water partition coefficient (Wildman–Crippen LogP) is 3.64. The highest BCUT2D eigenvalue weighted by Gasteiger charge is 2.15. The number of hydrogen-bond donors (Lipinski definition) is 1. The number of anilines is 1. The number of rotatable bonds is 3. The number of nitrogens with zero attached hydrogens (tertiary/aromatic N) is 3. The molecule has 0 aliphatic carbocycles. The Morgan fingerprint density at radius 2 is 2.10 bits per heavy atom. The molecule has 2 aromatic rings. The maximum atomic E-state index is 5.87. The minimum Gasteiger partial charge on any atom is -0.399 e. The lowest BCUT2D eigenvalue weighted by Crippen LogP contribution is -2.02. The number of benzene rings is 1. The van der Waals surface area contributed by atoms with Gasteiger partial charge in [-0.3, -0.25) is 0 Å². The van der Waals surface area contributed by atoms with Crippen LogP contribution in [0.3, 0.4) is 0 Å². The van der Waals surface area contributed by atoms with Crippen LogP contribution < -0.4 is 5.73 Å². The van der Waals surface area contributed by atoms with Crippen molar-refractivity contribution in [3.8, 4) is 0 Å². The Hall–Kier alpha value is -1.01. The van der Waals surface area contributed by atoms with Crippen LogP contribution in [0.15, 0.2) is 27.8 Å². The van der Waals surface area contributed by atoms with Crippen LogP contribution in [-0.4, -0.2) is 14.8 Å². The molecule has 0 saturated heterocycles. The van der Waals surface area contributed by atoms with E-state index in [-0.39, 0.29) is 0 Å². The van der Waals surface area contributed by atoms with Gasteiger partial charge in [0.05, 0.1) is 0 Å². The van der Waals surface area contributed by atoms with Crippen molar-refractivity contribution in [3.63, 3.8) is 0 Å². The summed E-state index contributed by atoms with van der Waals surface area (Å²) in [5, 5.41) is 9.68. The molecule has 6 heteroatoms. The van der Waals surface area contributed by atoms with Crippen LogP contribution in [0.25, 0.3) is 0 Å². The minimum atomic E-state index is 0.787. The maximum absolute atomic E-state index is 5.87. The molecule has 0 spiro atoms. The summed E-state index contributed by atoms with van der Waals surface area (Å²) in [4.78, 5) is 0. The SMILES string of the molecule is Nc1cc(Br)cc(CSc2nnc3n2CCCCC3)c1. The van der Waals surface area contributed by atoms with Crippen LogP contribution >= 0.6 is 27.7 Å². The van der Waals surface area contributed by atoms with E-state index < -0.39 is 0 Å². The quantitative estimate of drug-likeness (QED) is 0.676. The second-order valence-corrected chi connectivity index (χ2v) is 6.90. The number of hydrogen-bond acceptors (Lipinski definition) is 4. The van der Waals surface area contributed by atoms with Crippen LogP contribution in [0.1, 0.15) is 30.7 Å². The summed E-state index contributed by atoms with van der Waals surface area (Å²) < 4.78 is 3.30. The Labute approximate surface area is 131 Å². The molecular weight excluding hydrogens is 336 g/mol. The first-order chi connectivity index (χ1) is 9.72. The second kappa shape index (κ2) is 6.18. The van der Waals surface area contributed by atoms with Gasteiger partial charge in [-0.2, -0.15) is 0 Å². The van der Waals surface area contributed by atoms with Crippen molar-refractivity contribution in [2.45, 2.75) is 43.1 Å². The van der Waals surface area contributed by atoms with Crippen LogP contribution in [0.5, 0.6) is 0 Å². The number of halogens is 1. The summed E-state index contributed by atoms with van der Waals surface area (Å²) in [5.74, 6) is 2.00. The number of nitrogens with two attached hydrogens (primary N) is 1. The van der Waals surface area contributed by atoms with E-state index >= 15 is 0 Å². The average molecular weight is 353 g/mol. The van der Waals surface area contributed by atoms with Crippen molar-refractivity contribution in [2.24, 2.45) is 0 Å². The lowest BCUT2D eigenvalue weighted by atomic mass is 10.2. The van der Waals surface area contributed by atoms with Gasteiger partial charge in [0.25, 0.3) is 0 Å². The molecule has 0 unspecified atom stereocenters. The molecule has 1 aliphatic rings. The van der Waals surface area contributed by atoms with Crippen molar-refractivity contribution in [1.82, 2.24) is 14.8 Å². The molecule has 2 N–H and O–H groups in total. The van der Waals surface area contributed by atoms with E-state index in [9.17, 15) is 0 Å². The molecule has 1 aromatic carbocycles. The zero-order valence-electron chi connectivity index (χ0n) is 11.2. The average Bonchev–Trinajstić information content (AvgIpc) is 2.63. The van der Waals surface area contributed by atoms with Crippen molar-refractivity contribution in [1.29, 1.82) is 0 Å². The fourth-order valence-corrected chi connectivity index (χ4v) is 3.94. The van der Waals surface area contributed by atoms with Gasteiger partial charge >= 0.3 is 0 Å². The van der Waals surface area contributed by atoms with E-state index in [1.54, 1.807) is 11.8 Å². The van der Waals surface area contributed by atoms with Crippen LogP contribution in [0, 0.1) is 0 Å². The third-order valence-corrected chi connectivity index (χ3v) is 4.92. The van der Waals surface area contributed by atoms with Crippen molar-refractivity contribution < 1.29 is 0 Å². The highest BCUT2D eigenvalue weighted by atomic mass is 79.9. The van der Waals surface area contributed by atoms with E-state index in [1.807, 2.05) is 12.1 Å². The third-order valence-electron chi connectivity index (χ3n) is 3.42. The number of thioether (sulfide) groups is 1. The number of nitrogen functional groups attached to an aromatic ring is 1. The summed E-state index contributed by atoms with van der Waals surface area (Å²) >= 11 is 5.21. The van der Waals surface area contributed by atoms with Gasteiger partial charge in [0.15, 0.2) is 5.16 Å². The van der Waals surface area contributed by atoms with Gasteiger partial charge in [-0.05, 0) is 36.6 Å². The lowest BCUT2D eigenvalue weighted by Gasteiger charge is -2.07. The first-order valence-corrected chi connectivity index (χ1v) is 8.60. The van der Waals surface area contributed by atoms with Crippen LogP contribution in [0.2, 0.25) is 0 Å². The molecule has 0 atom stereocenters. The minimum absolute atomic E-state index is 0.787. The second-order valence-electron chi connectivity index (χ2n) is 5.04. The molecule has 0 radical (unpaired) electrons. The molecule has 0 fully saturated rings. The Kier molecular flexibility index (Phi) is 4.31. The predicted molar refractivity (Wildman–Crippen MR) is 85.7 cm³/mol. The molecule has 4 nitrogen and oxygen atoms in total. The number of fused-ring (bicyclic) bond motifs is 1. The molecule has 0 amide bonds. The van der Waals surface area contributed by atoms with Gasteiger partial charge in [-0.1, -0.05) is 34.1 Å². The summed E-state index contributed by atoms with van der Waals surface area (Å²) in [6.45, 7) is 1.05. The smallest absolute Gasteiger partial charge is 0.191 e. The lowest BCUT2D eigenvalue weighted by molar-refractivity contribution is 0.591. The first-order valence-electron chi connectivity index (χ1n) is 6.82. The van der Waals surface area contributed by atoms with E-state index in [4.69, 9.17) is 5.73 Å². The van der Waals surface area contributed by atoms with Gasteiger partial charge in [-0.25, -0.2) is 0 Å². The van der Waals surface area contributed by atoms with Gasteiger partial charge in [0.1, 0.15) is 5.82 Å². The molecular formula is C14H17BrN4S. The Balaban J connectivity index is 1.73. The molecule has 106 valence electrons. The molecule has 20 heavy (non-hydrogen) atoms. The van der Waals surface area contributed by atoms with Crippen molar-refractivity contribution in [3.05, 3.63) is 34.1 Å². The van der Waals surface area contributed by atoms with E-state index in [1.165, 1.54) is 24.8 Å². The highest BCUT2D eigenvalue weighted by Crippen LogP contribution is 2.27. The topological polar surface area (TPSA) is 56.7 Å². The molecule has 1 aromatic heterocycles. The van der Waals surface area contributed by atoms with Crippen molar-refractivity contribution >= 4 is 33.4 Å². The van der Waals surface area contributed by atoms with Crippen molar-refractivity contribution in [2.75, 3.05) is 5.73 Å². The summed E-state index contributed by atoms with van der Waals surface area (Å²) in [5.41, 5.74) is 7.86. The zero-order valence-corrected chi connectivity index (χ0v) is 13.6. The summed E-state index contributed by atoms with van der Waals surface area (Å²) in [6, 6.07) is 6.03. The van der Waals surface area contributed by atoms with Gasteiger partial charge < -0.3 is 10.3 Å². The Morgan fingerprint density at radius 3 is 2.95 bits per heavy atom. The Morgan fingerprint density at radius 1 is 1.20 bits per heavy atom. The van der Waals surface area contributed by atoms with Crippen LogP contribution in [-0.2, 0) is 18.7 Å². The molecule has 2 heterocycles. The fourth-order valence-electron chi connectivity index (χ4n) is 2.47. The molecule has 0 bridgehead atoms. The summed E-state index contributed by atoms with van der Waals surface area (Å²) in [6.07, 6.45) is 4.79. The first kappa shape index (κ1) is 13.9. The largest absolute Gasteiger partial charge is 0.399 e. The van der Waals surface area contributed by atoms with Crippen LogP contribution in [0.4, 0.5) is 5.69 Å². The van der Waals surface area contributed by atoms with Gasteiger partial charge in [0, 0.05) is 28.9 Å². The zero-order chi connectivity index (χ0) is 13.9. The fraction of sp³-hybridized carbons (Fsp3) is 0.429. The van der Waals surface area contributed by atoms with E-state index in [2.05, 4.69) is 36.8 Å². The van der Waals surface area contributed by atoms with Gasteiger partial charge in [-0.15, -0.1) is 10.2 Å². The normalized spacial score (nSPS) is 14.8. The maximum Gasteiger partial charge on any atom is 0.191 e. The summed E-state index contributed by atoms with van der Waals surface area (Å²) in [7, 11) is 0. The van der Waals surface area contributed by atoms with Gasteiger partial charge in [0.2, 0.25) is 0 Å². The Bertz CT molecular complexity index is 591. The third kappa shape index (κ3) is 3.17. The molecule has 1 aliphatic heterocycles.